The van der Waals surface area contributed by atoms with Crippen LogP contribution in [0.15, 0.2) is 42.5 Å². The molecule has 0 aromatic heterocycles. The molecular weight excluding hydrogens is 383 g/mol. The average Bonchev–Trinajstić information content (AvgIpc) is 2.51. The second-order valence-electron chi connectivity index (χ2n) is 5.69. The van der Waals surface area contributed by atoms with E-state index in [0.717, 1.165) is 21.7 Å². The van der Waals surface area contributed by atoms with E-state index in [2.05, 4.69) is 5.32 Å². The summed E-state index contributed by atoms with van der Waals surface area (Å²) >= 11 is 11.7. The highest BCUT2D eigenvalue weighted by atomic mass is 35.5. The molecule has 0 saturated carbocycles. The van der Waals surface area contributed by atoms with Crippen LogP contribution in [0, 0.1) is 6.92 Å². The molecule has 0 aliphatic carbocycles. The zero-order valence-corrected chi connectivity index (χ0v) is 16.1. The van der Waals surface area contributed by atoms with Crippen LogP contribution >= 0.6 is 23.2 Å². The highest BCUT2D eigenvalue weighted by Crippen LogP contribution is 2.25. The van der Waals surface area contributed by atoms with Gasteiger partial charge in [0.15, 0.2) is 0 Å². The summed E-state index contributed by atoms with van der Waals surface area (Å²) in [6.45, 7) is 1.77. The van der Waals surface area contributed by atoms with Crippen molar-refractivity contribution in [3.63, 3.8) is 0 Å². The van der Waals surface area contributed by atoms with Crippen molar-refractivity contribution < 1.29 is 13.2 Å². The average molecular weight is 401 g/mol. The Hall–Kier alpha value is -1.60. The number of sulfonamides is 1. The topological polar surface area (TPSA) is 66.5 Å². The maximum absolute atomic E-state index is 12.2. The first kappa shape index (κ1) is 19.7. The maximum atomic E-state index is 12.2. The van der Waals surface area contributed by atoms with E-state index >= 15 is 0 Å². The second-order valence-corrected chi connectivity index (χ2v) is 8.49. The molecule has 0 radical (unpaired) electrons. The van der Waals surface area contributed by atoms with Crippen molar-refractivity contribution in [2.45, 2.75) is 13.5 Å². The summed E-state index contributed by atoms with van der Waals surface area (Å²) in [7, 11) is -3.55. The molecular formula is C17H18Cl2N2O3S. The molecule has 2 aromatic rings. The normalized spacial score (nSPS) is 11.6. The molecule has 0 saturated heterocycles. The smallest absolute Gasteiger partial charge is 0.239 e. The number of nitrogens with one attached hydrogen (secondary N) is 1. The zero-order chi connectivity index (χ0) is 18.6. The Labute approximate surface area is 157 Å². The highest BCUT2D eigenvalue weighted by molar-refractivity contribution is 7.88. The molecule has 134 valence electrons. The number of carbonyl (C=O) groups is 1. The second kappa shape index (κ2) is 8.19. The standard InChI is InChI=1S/C17H18Cl2N2O3S/c1-12-3-5-13(6-4-12)10-21(25(2,23)24)11-17(22)20-14-7-8-15(18)16(19)9-14/h3-9H,10-11H2,1-2H3,(H,20,22). The fourth-order valence-electron chi connectivity index (χ4n) is 2.12. The minimum absolute atomic E-state index is 0.119. The van der Waals surface area contributed by atoms with Crippen LogP contribution in [0.25, 0.3) is 0 Å². The van der Waals surface area contributed by atoms with Crippen molar-refractivity contribution in [3.8, 4) is 0 Å². The molecule has 1 amide bonds. The van der Waals surface area contributed by atoms with E-state index in [-0.39, 0.29) is 13.1 Å². The van der Waals surface area contributed by atoms with E-state index in [0.29, 0.717) is 15.7 Å². The largest absolute Gasteiger partial charge is 0.325 e. The summed E-state index contributed by atoms with van der Waals surface area (Å²) in [4.78, 5) is 12.2. The lowest BCUT2D eigenvalue weighted by atomic mass is 10.1. The Kier molecular flexibility index (Phi) is 6.46. The van der Waals surface area contributed by atoms with Gasteiger partial charge in [-0.2, -0.15) is 4.31 Å². The predicted molar refractivity (Wildman–Crippen MR) is 102 cm³/mol. The molecule has 8 heteroatoms. The summed E-state index contributed by atoms with van der Waals surface area (Å²) in [5, 5.41) is 3.30. The molecule has 0 bridgehead atoms. The van der Waals surface area contributed by atoms with Crippen LogP contribution in [-0.4, -0.2) is 31.4 Å². The van der Waals surface area contributed by atoms with Gasteiger partial charge < -0.3 is 5.32 Å². The number of halogens is 2. The number of amides is 1. The number of carbonyl (C=O) groups excluding carboxylic acids is 1. The number of hydrogen-bond acceptors (Lipinski definition) is 3. The van der Waals surface area contributed by atoms with Crippen LogP contribution in [0.1, 0.15) is 11.1 Å². The number of benzene rings is 2. The predicted octanol–water partition coefficient (Wildman–Crippen LogP) is 3.70. The summed E-state index contributed by atoms with van der Waals surface area (Å²) in [6.07, 6.45) is 1.08. The van der Waals surface area contributed by atoms with Gasteiger partial charge in [-0.15, -0.1) is 0 Å². The van der Waals surface area contributed by atoms with Crippen LogP contribution in [-0.2, 0) is 21.4 Å². The number of aryl methyl sites for hydroxylation is 1. The van der Waals surface area contributed by atoms with E-state index in [1.807, 2.05) is 31.2 Å². The first-order valence-corrected chi connectivity index (χ1v) is 10.0. The van der Waals surface area contributed by atoms with Crippen LogP contribution in [0.4, 0.5) is 5.69 Å². The number of hydrogen-bond donors (Lipinski definition) is 1. The van der Waals surface area contributed by atoms with Crippen molar-refractivity contribution in [1.29, 1.82) is 0 Å². The first-order valence-electron chi connectivity index (χ1n) is 7.41. The summed E-state index contributed by atoms with van der Waals surface area (Å²) < 4.78 is 25.1. The Morgan fingerprint density at radius 3 is 2.28 bits per heavy atom. The Morgan fingerprint density at radius 2 is 1.72 bits per heavy atom. The lowest BCUT2D eigenvalue weighted by Gasteiger charge is -2.19. The zero-order valence-electron chi connectivity index (χ0n) is 13.8. The molecule has 1 N–H and O–H groups in total. The van der Waals surface area contributed by atoms with Crippen molar-refractivity contribution in [2.24, 2.45) is 0 Å². The fourth-order valence-corrected chi connectivity index (χ4v) is 3.16. The molecule has 2 aromatic carbocycles. The van der Waals surface area contributed by atoms with Crippen molar-refractivity contribution >= 4 is 44.8 Å². The monoisotopic (exact) mass is 400 g/mol. The molecule has 0 heterocycles. The van der Waals surface area contributed by atoms with Gasteiger partial charge in [0.25, 0.3) is 0 Å². The summed E-state index contributed by atoms with van der Waals surface area (Å²) in [5.41, 5.74) is 2.33. The van der Waals surface area contributed by atoms with E-state index in [1.165, 1.54) is 6.07 Å². The van der Waals surface area contributed by atoms with Gasteiger partial charge >= 0.3 is 0 Å². The van der Waals surface area contributed by atoms with Gasteiger partial charge in [0.2, 0.25) is 15.9 Å². The van der Waals surface area contributed by atoms with Gasteiger partial charge in [-0.3, -0.25) is 4.79 Å². The quantitative estimate of drug-likeness (QED) is 0.803. The SMILES string of the molecule is Cc1ccc(CN(CC(=O)Nc2ccc(Cl)c(Cl)c2)S(C)(=O)=O)cc1. The lowest BCUT2D eigenvalue weighted by molar-refractivity contribution is -0.116. The molecule has 0 aliphatic rings. The van der Waals surface area contributed by atoms with Crippen LogP contribution in [0.2, 0.25) is 10.0 Å². The minimum atomic E-state index is -3.55. The van der Waals surface area contributed by atoms with E-state index < -0.39 is 15.9 Å². The third-order valence-corrected chi connectivity index (χ3v) is 5.41. The van der Waals surface area contributed by atoms with Crippen molar-refractivity contribution in [3.05, 3.63) is 63.6 Å². The number of rotatable bonds is 6. The lowest BCUT2D eigenvalue weighted by Crippen LogP contribution is -2.36. The third-order valence-electron chi connectivity index (χ3n) is 3.47. The molecule has 2 rings (SSSR count). The Bertz CT molecular complexity index is 868. The molecule has 0 spiro atoms. The number of nitrogens with zero attached hydrogens (tertiary/aromatic N) is 1. The van der Waals surface area contributed by atoms with Gasteiger partial charge in [0.05, 0.1) is 22.8 Å². The van der Waals surface area contributed by atoms with Gasteiger partial charge in [-0.1, -0.05) is 53.0 Å². The van der Waals surface area contributed by atoms with E-state index in [1.54, 1.807) is 12.1 Å². The van der Waals surface area contributed by atoms with Crippen molar-refractivity contribution in [1.82, 2.24) is 4.31 Å². The van der Waals surface area contributed by atoms with Gasteiger partial charge in [0.1, 0.15) is 0 Å². The number of anilines is 1. The molecule has 0 aliphatic heterocycles. The van der Waals surface area contributed by atoms with E-state index in [4.69, 9.17) is 23.2 Å². The summed E-state index contributed by atoms with van der Waals surface area (Å²) in [5.74, 6) is -0.462. The van der Waals surface area contributed by atoms with Crippen LogP contribution in [0.5, 0.6) is 0 Å². The van der Waals surface area contributed by atoms with Gasteiger partial charge in [-0.25, -0.2) is 8.42 Å². The van der Waals surface area contributed by atoms with Gasteiger partial charge in [-0.05, 0) is 30.7 Å². The summed E-state index contributed by atoms with van der Waals surface area (Å²) in [6, 6.07) is 12.1. The van der Waals surface area contributed by atoms with Crippen LogP contribution < -0.4 is 5.32 Å². The Morgan fingerprint density at radius 1 is 1.08 bits per heavy atom. The Balaban J connectivity index is 2.09. The first-order chi connectivity index (χ1) is 11.6. The van der Waals surface area contributed by atoms with Crippen LogP contribution in [0.3, 0.4) is 0 Å². The molecule has 0 unspecified atom stereocenters. The van der Waals surface area contributed by atoms with Gasteiger partial charge in [0, 0.05) is 12.2 Å². The minimum Gasteiger partial charge on any atom is -0.325 e. The molecule has 5 nitrogen and oxygen atoms in total. The van der Waals surface area contributed by atoms with Crippen molar-refractivity contribution in [2.75, 3.05) is 18.1 Å². The molecule has 25 heavy (non-hydrogen) atoms. The molecule has 0 atom stereocenters. The molecule has 0 fully saturated rings. The maximum Gasteiger partial charge on any atom is 0.239 e. The fraction of sp³-hybridized carbons (Fsp3) is 0.235. The van der Waals surface area contributed by atoms with E-state index in [9.17, 15) is 13.2 Å². The third kappa shape index (κ3) is 6.01. The highest BCUT2D eigenvalue weighted by Gasteiger charge is 2.20.